The summed E-state index contributed by atoms with van der Waals surface area (Å²) in [6.07, 6.45) is 0. The molecule has 0 fully saturated rings. The number of benzene rings is 2. The zero-order valence-electron chi connectivity index (χ0n) is 13.4. The average Bonchev–Trinajstić information content (AvgIpc) is 2.55. The molecule has 0 aliphatic rings. The Morgan fingerprint density at radius 1 is 1.16 bits per heavy atom. The van der Waals surface area contributed by atoms with Gasteiger partial charge in [-0.15, -0.1) is 0 Å². The Hall–Kier alpha value is -1.90. The predicted molar refractivity (Wildman–Crippen MR) is 91.3 cm³/mol. The molecular weight excluding hydrogens is 413 g/mol. The third-order valence-electron chi connectivity index (χ3n) is 3.06. The fourth-order valence-electron chi connectivity index (χ4n) is 1.66. The van der Waals surface area contributed by atoms with Crippen molar-refractivity contribution in [1.82, 2.24) is 0 Å². The van der Waals surface area contributed by atoms with Crippen molar-refractivity contribution in [2.45, 2.75) is 11.8 Å². The first-order chi connectivity index (χ1) is 11.5. The largest absolute Gasteiger partial charge is 0.768 e. The van der Waals surface area contributed by atoms with Gasteiger partial charge in [0, 0.05) is 4.90 Å². The standard InChI is InChI=1S/C9H12AsNO5.C6H6O2S/c1-6(12)11(2)8-5-7(10(14,15)16)3-4-9(8)13;7-9(8)6-4-2-1-3-5-6/h3-5,13H,1-2H3,(H2,14,15,16);1-5H,(H,7,8)/p-1. The number of nitrogens with zero attached hydrogens (tertiary/aromatic N) is 1. The number of phenolic OH excluding ortho intramolecular Hbond substituents is 1. The minimum Gasteiger partial charge on any atom is -0.768 e. The fraction of sp³-hybridized carbons (Fsp3) is 0.133. The van der Waals surface area contributed by atoms with Gasteiger partial charge in [0.15, 0.2) is 0 Å². The van der Waals surface area contributed by atoms with E-state index in [-0.39, 0.29) is 21.7 Å². The van der Waals surface area contributed by atoms with Gasteiger partial charge in [-0.1, -0.05) is 18.2 Å². The Morgan fingerprint density at radius 3 is 2.12 bits per heavy atom. The first-order valence-corrected chi connectivity index (χ1v) is 11.3. The van der Waals surface area contributed by atoms with E-state index in [1.807, 2.05) is 0 Å². The fourth-order valence-corrected chi connectivity index (χ4v) is 3.22. The van der Waals surface area contributed by atoms with E-state index in [0.29, 0.717) is 4.90 Å². The number of anilines is 1. The van der Waals surface area contributed by atoms with Gasteiger partial charge >= 0.3 is 94.8 Å². The Balaban J connectivity index is 0.000000293. The number of amides is 1. The van der Waals surface area contributed by atoms with Gasteiger partial charge in [0.1, 0.15) is 0 Å². The minimum atomic E-state index is -5.00. The van der Waals surface area contributed by atoms with Crippen LogP contribution in [0, 0.1) is 0 Å². The molecule has 0 bridgehead atoms. The first kappa shape index (κ1) is 21.1. The number of aromatic hydroxyl groups is 1. The number of carbonyl (C=O) groups is 1. The predicted octanol–water partition coefficient (Wildman–Crippen LogP) is -0.140. The van der Waals surface area contributed by atoms with Crippen LogP contribution in [0.5, 0.6) is 5.75 Å². The van der Waals surface area contributed by atoms with Crippen molar-refractivity contribution in [3.8, 4) is 5.75 Å². The topological polar surface area (TPSA) is 138 Å². The zero-order valence-corrected chi connectivity index (χ0v) is 16.1. The van der Waals surface area contributed by atoms with E-state index in [2.05, 4.69) is 0 Å². The molecule has 0 aliphatic carbocycles. The summed E-state index contributed by atoms with van der Waals surface area (Å²) in [6, 6.07) is 11.7. The van der Waals surface area contributed by atoms with Gasteiger partial charge in [-0.3, -0.25) is 4.21 Å². The molecule has 0 aromatic heterocycles. The van der Waals surface area contributed by atoms with Crippen LogP contribution in [0.3, 0.4) is 0 Å². The molecule has 0 radical (unpaired) electrons. The monoisotopic (exact) mass is 430 g/mol. The molecule has 0 saturated heterocycles. The average molecular weight is 430 g/mol. The Bertz CT molecular complexity index is 807. The van der Waals surface area contributed by atoms with Crippen LogP contribution in [-0.4, -0.2) is 49.2 Å². The van der Waals surface area contributed by atoms with Gasteiger partial charge < -0.3 is 4.55 Å². The third kappa shape index (κ3) is 6.49. The molecule has 1 amide bonds. The summed E-state index contributed by atoms with van der Waals surface area (Å²) >= 11 is -7.08. The number of hydrogen-bond donors (Lipinski definition) is 3. The van der Waals surface area contributed by atoms with Gasteiger partial charge in [-0.05, 0) is 23.2 Å². The minimum absolute atomic E-state index is 0.0785. The summed E-state index contributed by atoms with van der Waals surface area (Å²) in [7, 11) is 1.41. The van der Waals surface area contributed by atoms with Gasteiger partial charge in [0.25, 0.3) is 0 Å². The summed E-state index contributed by atoms with van der Waals surface area (Å²) in [6.45, 7) is 1.29. The Labute approximate surface area is 150 Å². The van der Waals surface area contributed by atoms with E-state index in [9.17, 15) is 22.4 Å². The van der Waals surface area contributed by atoms with Gasteiger partial charge in [0.05, 0.1) is 0 Å². The number of phenols is 1. The molecular formula is C15H17AsNO7S-. The van der Waals surface area contributed by atoms with Crippen molar-refractivity contribution in [3.63, 3.8) is 0 Å². The normalized spacial score (nSPS) is 11.9. The first-order valence-electron chi connectivity index (χ1n) is 6.81. The number of hydrogen-bond acceptors (Lipinski definition) is 5. The second-order valence-corrected chi connectivity index (χ2v) is 9.15. The molecule has 0 spiro atoms. The summed E-state index contributed by atoms with van der Waals surface area (Å²) in [4.78, 5) is 12.5. The van der Waals surface area contributed by atoms with Crippen molar-refractivity contribution in [2.75, 3.05) is 11.9 Å². The van der Waals surface area contributed by atoms with Crippen LogP contribution in [0.15, 0.2) is 53.4 Å². The molecule has 2 aromatic carbocycles. The molecule has 0 saturated carbocycles. The molecule has 2 rings (SSSR count). The maximum atomic E-state index is 11.1. The molecule has 25 heavy (non-hydrogen) atoms. The smallest absolute Gasteiger partial charge is 0.0248 e. The SMILES string of the molecule is CC(=O)N(C)c1cc([As](=O)(O)O)ccc1O.O=S([O-])c1ccccc1. The van der Waals surface area contributed by atoms with Crippen LogP contribution < -0.4 is 9.25 Å². The van der Waals surface area contributed by atoms with E-state index >= 15 is 0 Å². The second kappa shape index (κ2) is 8.98. The van der Waals surface area contributed by atoms with Crippen LogP contribution in [0.1, 0.15) is 6.92 Å². The van der Waals surface area contributed by atoms with Crippen molar-refractivity contribution in [3.05, 3.63) is 48.5 Å². The Kier molecular flexibility index (Phi) is 7.59. The molecule has 10 heteroatoms. The van der Waals surface area contributed by atoms with E-state index < -0.39 is 25.3 Å². The molecule has 0 heterocycles. The maximum Gasteiger partial charge on any atom is 0.0248 e. The van der Waals surface area contributed by atoms with Gasteiger partial charge in [-0.25, -0.2) is 0 Å². The van der Waals surface area contributed by atoms with Gasteiger partial charge in [-0.2, -0.15) is 0 Å². The summed E-state index contributed by atoms with van der Waals surface area (Å²) in [5, 5.41) is 9.48. The van der Waals surface area contributed by atoms with Crippen LogP contribution >= 0.6 is 0 Å². The molecule has 1 unspecified atom stereocenters. The molecule has 2 aromatic rings. The third-order valence-corrected chi connectivity index (χ3v) is 5.72. The van der Waals surface area contributed by atoms with Crippen molar-refractivity contribution in [1.29, 1.82) is 0 Å². The van der Waals surface area contributed by atoms with Crippen molar-refractivity contribution in [2.24, 2.45) is 0 Å². The van der Waals surface area contributed by atoms with Crippen LogP contribution in [0.2, 0.25) is 0 Å². The van der Waals surface area contributed by atoms with Crippen LogP contribution in [0.25, 0.3) is 0 Å². The van der Waals surface area contributed by atoms with Gasteiger partial charge in [0.2, 0.25) is 0 Å². The van der Waals surface area contributed by atoms with E-state index in [4.69, 9.17) is 8.19 Å². The Morgan fingerprint density at radius 2 is 1.72 bits per heavy atom. The summed E-state index contributed by atoms with van der Waals surface area (Å²) in [5.41, 5.74) is 0.0785. The zero-order chi connectivity index (χ0) is 19.2. The molecule has 8 nitrogen and oxygen atoms in total. The molecule has 136 valence electrons. The quantitative estimate of drug-likeness (QED) is 0.455. The second-order valence-electron chi connectivity index (χ2n) is 4.84. The number of rotatable bonds is 3. The van der Waals surface area contributed by atoms with Crippen molar-refractivity contribution < 1.29 is 30.6 Å². The summed E-state index contributed by atoms with van der Waals surface area (Å²) in [5.74, 6) is -0.546. The van der Waals surface area contributed by atoms with E-state index in [0.717, 1.165) is 23.1 Å². The maximum absolute atomic E-state index is 11.1. The van der Waals surface area contributed by atoms with Crippen molar-refractivity contribution >= 4 is 41.2 Å². The van der Waals surface area contributed by atoms with E-state index in [1.165, 1.54) is 14.0 Å². The molecule has 1 atom stereocenters. The van der Waals surface area contributed by atoms with Crippen LogP contribution in [0.4, 0.5) is 5.69 Å². The molecule has 3 N–H and O–H groups in total. The summed E-state index contributed by atoms with van der Waals surface area (Å²) < 4.78 is 49.3. The van der Waals surface area contributed by atoms with Crippen LogP contribution in [-0.2, 0) is 19.6 Å². The molecule has 0 aliphatic heterocycles. The number of carbonyl (C=O) groups excluding carboxylic acids is 1. The van der Waals surface area contributed by atoms with E-state index in [1.54, 1.807) is 30.3 Å².